The third kappa shape index (κ3) is 3.36. The summed E-state index contributed by atoms with van der Waals surface area (Å²) in [6.07, 6.45) is 0. The number of carbonyl (C=O) groups excluding carboxylic acids is 1. The second-order valence-corrected chi connectivity index (χ2v) is 4.57. The Morgan fingerprint density at radius 2 is 1.70 bits per heavy atom. The molecule has 0 aliphatic rings. The summed E-state index contributed by atoms with van der Waals surface area (Å²) in [5.74, 6) is -1.50. The maximum absolute atomic E-state index is 12.0. The van der Waals surface area contributed by atoms with Crippen LogP contribution in [-0.4, -0.2) is 23.5 Å². The van der Waals surface area contributed by atoms with Gasteiger partial charge in [-0.25, -0.2) is 0 Å². The third-order valence-electron chi connectivity index (χ3n) is 2.73. The number of nitrogens with one attached hydrogen (secondary N) is 1. The Labute approximate surface area is 121 Å². The molecule has 0 spiro atoms. The quantitative estimate of drug-likeness (QED) is 0.909. The summed E-state index contributed by atoms with van der Waals surface area (Å²) in [7, 11) is 0. The minimum atomic E-state index is -1.08. The number of carboxylic acids is 1. The van der Waals surface area contributed by atoms with E-state index in [0.29, 0.717) is 10.6 Å². The first-order valence-electron chi connectivity index (χ1n) is 5.93. The SMILES string of the molecule is O=C(O)CNC(=O)c1ccccc1-c1ccc(Cl)cc1. The number of benzene rings is 2. The van der Waals surface area contributed by atoms with E-state index in [4.69, 9.17) is 16.7 Å². The molecule has 102 valence electrons. The average molecular weight is 290 g/mol. The predicted octanol–water partition coefficient (Wildman–Crippen LogP) is 2.82. The highest BCUT2D eigenvalue weighted by Crippen LogP contribution is 2.25. The molecule has 0 saturated carbocycles. The number of carbonyl (C=O) groups is 2. The lowest BCUT2D eigenvalue weighted by Gasteiger charge is -2.09. The molecule has 4 nitrogen and oxygen atoms in total. The molecule has 0 radical (unpaired) electrons. The molecule has 2 aromatic carbocycles. The van der Waals surface area contributed by atoms with Gasteiger partial charge in [-0.05, 0) is 29.3 Å². The van der Waals surface area contributed by atoms with Crippen molar-refractivity contribution in [3.63, 3.8) is 0 Å². The van der Waals surface area contributed by atoms with Crippen molar-refractivity contribution in [3.05, 3.63) is 59.1 Å². The molecule has 2 N–H and O–H groups in total. The van der Waals surface area contributed by atoms with Crippen molar-refractivity contribution in [3.8, 4) is 11.1 Å². The molecule has 2 aromatic rings. The Morgan fingerprint density at radius 1 is 1.05 bits per heavy atom. The topological polar surface area (TPSA) is 66.4 Å². The van der Waals surface area contributed by atoms with E-state index in [0.717, 1.165) is 11.1 Å². The predicted molar refractivity (Wildman–Crippen MR) is 76.9 cm³/mol. The van der Waals surface area contributed by atoms with E-state index in [1.807, 2.05) is 18.2 Å². The van der Waals surface area contributed by atoms with E-state index in [1.54, 1.807) is 30.3 Å². The zero-order valence-corrected chi connectivity index (χ0v) is 11.2. The summed E-state index contributed by atoms with van der Waals surface area (Å²) in [6, 6.07) is 14.1. The molecular weight excluding hydrogens is 278 g/mol. The van der Waals surface area contributed by atoms with E-state index in [9.17, 15) is 9.59 Å². The Morgan fingerprint density at radius 3 is 2.35 bits per heavy atom. The Kier molecular flexibility index (Phi) is 4.38. The first-order chi connectivity index (χ1) is 9.58. The molecule has 0 heterocycles. The van der Waals surface area contributed by atoms with Gasteiger partial charge in [0, 0.05) is 10.6 Å². The van der Waals surface area contributed by atoms with Crippen LogP contribution in [-0.2, 0) is 4.79 Å². The van der Waals surface area contributed by atoms with Crippen LogP contribution in [0.4, 0.5) is 0 Å². The smallest absolute Gasteiger partial charge is 0.322 e. The van der Waals surface area contributed by atoms with E-state index in [1.165, 1.54) is 0 Å². The molecule has 1 amide bonds. The fraction of sp³-hybridized carbons (Fsp3) is 0.0667. The van der Waals surface area contributed by atoms with Crippen LogP contribution in [0.15, 0.2) is 48.5 Å². The number of halogens is 1. The fourth-order valence-electron chi connectivity index (χ4n) is 1.81. The van der Waals surface area contributed by atoms with Crippen molar-refractivity contribution in [1.82, 2.24) is 5.32 Å². The monoisotopic (exact) mass is 289 g/mol. The maximum Gasteiger partial charge on any atom is 0.322 e. The summed E-state index contributed by atoms with van der Waals surface area (Å²) < 4.78 is 0. The van der Waals surface area contributed by atoms with Gasteiger partial charge in [0.2, 0.25) is 0 Å². The lowest BCUT2D eigenvalue weighted by atomic mass is 9.99. The minimum Gasteiger partial charge on any atom is -0.480 e. The van der Waals surface area contributed by atoms with Crippen molar-refractivity contribution in [2.24, 2.45) is 0 Å². The Balaban J connectivity index is 2.33. The van der Waals surface area contributed by atoms with Gasteiger partial charge in [0.15, 0.2) is 0 Å². The second kappa shape index (κ2) is 6.21. The highest BCUT2D eigenvalue weighted by Gasteiger charge is 2.12. The Hall–Kier alpha value is -2.33. The van der Waals surface area contributed by atoms with Gasteiger partial charge in [-0.15, -0.1) is 0 Å². The van der Waals surface area contributed by atoms with Crippen LogP contribution in [0.5, 0.6) is 0 Å². The van der Waals surface area contributed by atoms with Crippen LogP contribution in [0.25, 0.3) is 11.1 Å². The van der Waals surface area contributed by atoms with Crippen molar-refractivity contribution >= 4 is 23.5 Å². The summed E-state index contributed by atoms with van der Waals surface area (Å²) in [4.78, 5) is 22.5. The highest BCUT2D eigenvalue weighted by atomic mass is 35.5. The summed E-state index contributed by atoms with van der Waals surface area (Å²) >= 11 is 5.84. The van der Waals surface area contributed by atoms with Gasteiger partial charge in [-0.3, -0.25) is 9.59 Å². The van der Waals surface area contributed by atoms with Crippen LogP contribution >= 0.6 is 11.6 Å². The number of hydrogen-bond acceptors (Lipinski definition) is 2. The summed E-state index contributed by atoms with van der Waals surface area (Å²) in [5, 5.41) is 11.6. The molecule has 0 atom stereocenters. The van der Waals surface area contributed by atoms with Crippen LogP contribution < -0.4 is 5.32 Å². The average Bonchev–Trinajstić information content (AvgIpc) is 2.45. The van der Waals surface area contributed by atoms with Gasteiger partial charge in [0.05, 0.1) is 0 Å². The summed E-state index contributed by atoms with van der Waals surface area (Å²) in [6.45, 7) is -0.409. The van der Waals surface area contributed by atoms with Crippen LogP contribution in [0, 0.1) is 0 Å². The zero-order chi connectivity index (χ0) is 14.5. The number of hydrogen-bond donors (Lipinski definition) is 2. The Bertz CT molecular complexity index is 638. The number of amides is 1. The van der Waals surface area contributed by atoms with Gasteiger partial charge in [-0.1, -0.05) is 41.9 Å². The van der Waals surface area contributed by atoms with E-state index < -0.39 is 18.4 Å². The van der Waals surface area contributed by atoms with Crippen LogP contribution in [0.3, 0.4) is 0 Å². The third-order valence-corrected chi connectivity index (χ3v) is 2.98. The molecule has 0 aromatic heterocycles. The first-order valence-corrected chi connectivity index (χ1v) is 6.30. The van der Waals surface area contributed by atoms with E-state index in [-0.39, 0.29) is 0 Å². The van der Waals surface area contributed by atoms with Gasteiger partial charge in [0.25, 0.3) is 5.91 Å². The number of aliphatic carboxylic acids is 1. The van der Waals surface area contributed by atoms with E-state index in [2.05, 4.69) is 5.32 Å². The molecular formula is C15H12ClNO3. The molecule has 0 unspecified atom stereocenters. The van der Waals surface area contributed by atoms with E-state index >= 15 is 0 Å². The second-order valence-electron chi connectivity index (χ2n) is 4.13. The zero-order valence-electron chi connectivity index (χ0n) is 10.5. The molecule has 0 bridgehead atoms. The largest absolute Gasteiger partial charge is 0.480 e. The molecule has 0 fully saturated rings. The van der Waals surface area contributed by atoms with Gasteiger partial charge >= 0.3 is 5.97 Å². The van der Waals surface area contributed by atoms with Crippen molar-refractivity contribution in [2.45, 2.75) is 0 Å². The van der Waals surface area contributed by atoms with Crippen molar-refractivity contribution in [1.29, 1.82) is 0 Å². The van der Waals surface area contributed by atoms with Gasteiger partial charge in [-0.2, -0.15) is 0 Å². The van der Waals surface area contributed by atoms with Crippen molar-refractivity contribution in [2.75, 3.05) is 6.54 Å². The molecule has 20 heavy (non-hydrogen) atoms. The van der Waals surface area contributed by atoms with Gasteiger partial charge < -0.3 is 10.4 Å². The first kappa shape index (κ1) is 14.1. The molecule has 0 saturated heterocycles. The highest BCUT2D eigenvalue weighted by molar-refractivity contribution is 6.30. The summed E-state index contributed by atoms with van der Waals surface area (Å²) in [5.41, 5.74) is 2.00. The number of carboxylic acid groups (broad SMARTS) is 1. The van der Waals surface area contributed by atoms with Gasteiger partial charge in [0.1, 0.15) is 6.54 Å². The lowest BCUT2D eigenvalue weighted by molar-refractivity contribution is -0.135. The fourth-order valence-corrected chi connectivity index (χ4v) is 1.94. The molecule has 0 aliphatic carbocycles. The molecule has 5 heteroatoms. The lowest BCUT2D eigenvalue weighted by Crippen LogP contribution is -2.29. The number of rotatable bonds is 4. The maximum atomic E-state index is 12.0. The normalized spacial score (nSPS) is 10.1. The van der Waals surface area contributed by atoms with Crippen LogP contribution in [0.2, 0.25) is 5.02 Å². The standard InChI is InChI=1S/C15H12ClNO3/c16-11-7-5-10(6-8-11)12-3-1-2-4-13(12)15(20)17-9-14(18)19/h1-8H,9H2,(H,17,20)(H,18,19). The van der Waals surface area contributed by atoms with Crippen LogP contribution in [0.1, 0.15) is 10.4 Å². The molecule has 0 aliphatic heterocycles. The van der Waals surface area contributed by atoms with Crippen molar-refractivity contribution < 1.29 is 14.7 Å². The minimum absolute atomic E-state index is 0.409. The molecule has 2 rings (SSSR count).